The molecule has 4 N–H and O–H groups in total. The molecule has 0 aliphatic heterocycles. The van der Waals surface area contributed by atoms with Crippen LogP contribution < -0.4 is 11.1 Å². The Kier molecular flexibility index (Phi) is 4.36. The van der Waals surface area contributed by atoms with Gasteiger partial charge in [-0.1, -0.05) is 12.1 Å². The van der Waals surface area contributed by atoms with E-state index in [0.717, 1.165) is 10.9 Å². The molecule has 0 saturated carbocycles. The van der Waals surface area contributed by atoms with Crippen LogP contribution in [0, 0.1) is 0 Å². The van der Waals surface area contributed by atoms with Crippen molar-refractivity contribution in [2.24, 2.45) is 0 Å². The smallest absolute Gasteiger partial charge is 0.222 e. The van der Waals surface area contributed by atoms with Crippen molar-refractivity contribution in [3.8, 4) is 0 Å². The van der Waals surface area contributed by atoms with Crippen molar-refractivity contribution in [3.05, 3.63) is 24.3 Å². The zero-order valence-electron chi connectivity index (χ0n) is 11.8. The summed E-state index contributed by atoms with van der Waals surface area (Å²) in [5.74, 6) is 0.841. The minimum atomic E-state index is -0.878. The predicted molar refractivity (Wildman–Crippen MR) is 79.6 cm³/mol. The highest BCUT2D eigenvalue weighted by Crippen LogP contribution is 2.21. The highest BCUT2D eigenvalue weighted by Gasteiger charge is 2.20. The number of ether oxygens (including phenoxy) is 1. The summed E-state index contributed by atoms with van der Waals surface area (Å²) in [6.45, 7) is 2.61. The van der Waals surface area contributed by atoms with E-state index in [-0.39, 0.29) is 5.95 Å². The molecule has 0 aliphatic carbocycles. The van der Waals surface area contributed by atoms with Crippen LogP contribution in [0.1, 0.15) is 13.3 Å². The van der Waals surface area contributed by atoms with Crippen LogP contribution in [0.15, 0.2) is 24.3 Å². The highest BCUT2D eigenvalue weighted by molar-refractivity contribution is 5.89. The lowest BCUT2D eigenvalue weighted by Crippen LogP contribution is -2.35. The molecule has 0 bridgehead atoms. The molecule has 0 radical (unpaired) electrons. The van der Waals surface area contributed by atoms with Crippen LogP contribution >= 0.6 is 0 Å². The number of nitrogens with two attached hydrogens (primary N) is 1. The van der Waals surface area contributed by atoms with E-state index in [1.54, 1.807) is 14.0 Å². The molecule has 1 aromatic carbocycles. The van der Waals surface area contributed by atoms with Crippen LogP contribution in [-0.2, 0) is 4.74 Å². The van der Waals surface area contributed by atoms with Gasteiger partial charge in [-0.25, -0.2) is 4.98 Å². The lowest BCUT2D eigenvalue weighted by Gasteiger charge is -2.23. The van der Waals surface area contributed by atoms with E-state index < -0.39 is 5.60 Å². The van der Waals surface area contributed by atoms with Crippen molar-refractivity contribution in [3.63, 3.8) is 0 Å². The Hall–Kier alpha value is -1.92. The van der Waals surface area contributed by atoms with E-state index >= 15 is 0 Å². The molecule has 20 heavy (non-hydrogen) atoms. The number of anilines is 2. The minimum absolute atomic E-state index is 0.211. The number of methoxy groups -OCH3 is 1. The summed E-state index contributed by atoms with van der Waals surface area (Å²) in [7, 11) is 1.61. The third kappa shape index (κ3) is 3.55. The zero-order valence-corrected chi connectivity index (χ0v) is 11.8. The lowest BCUT2D eigenvalue weighted by molar-refractivity contribution is 0.0357. The van der Waals surface area contributed by atoms with Crippen molar-refractivity contribution in [2.75, 3.05) is 31.3 Å². The molecule has 108 valence electrons. The normalized spacial score (nSPS) is 14.2. The third-order valence-corrected chi connectivity index (χ3v) is 3.10. The average molecular weight is 276 g/mol. The fraction of sp³-hybridized carbons (Fsp3) is 0.429. The fourth-order valence-electron chi connectivity index (χ4n) is 1.91. The van der Waals surface area contributed by atoms with Gasteiger partial charge in [0.15, 0.2) is 0 Å². The molecule has 1 aromatic heterocycles. The van der Waals surface area contributed by atoms with Crippen molar-refractivity contribution in [1.29, 1.82) is 0 Å². The monoisotopic (exact) mass is 276 g/mol. The molecule has 1 unspecified atom stereocenters. The molecule has 0 saturated heterocycles. The Morgan fingerprint density at radius 2 is 2.10 bits per heavy atom. The predicted octanol–water partition coefficient (Wildman–Crippen LogP) is 1.41. The number of aliphatic hydroxyl groups is 1. The standard InChI is InChI=1S/C14H20N4O2/c1-14(19,7-8-20-2)9-16-12-10-5-3-4-6-11(10)17-13(15)18-12/h3-6,19H,7-9H2,1-2H3,(H3,15,16,17,18). The number of nitrogens with one attached hydrogen (secondary N) is 1. The van der Waals surface area contributed by atoms with E-state index in [2.05, 4.69) is 15.3 Å². The molecule has 0 spiro atoms. The molecule has 1 heterocycles. The summed E-state index contributed by atoms with van der Waals surface area (Å²) in [5.41, 5.74) is 5.60. The first-order valence-corrected chi connectivity index (χ1v) is 6.49. The van der Waals surface area contributed by atoms with Crippen LogP contribution in [0.2, 0.25) is 0 Å². The van der Waals surface area contributed by atoms with E-state index in [4.69, 9.17) is 10.5 Å². The number of fused-ring (bicyclic) bond motifs is 1. The summed E-state index contributed by atoms with van der Waals surface area (Å²) in [5, 5.41) is 14.3. The first kappa shape index (κ1) is 14.5. The first-order chi connectivity index (χ1) is 9.52. The Balaban J connectivity index is 2.17. The summed E-state index contributed by atoms with van der Waals surface area (Å²) in [6, 6.07) is 7.60. The second-order valence-electron chi connectivity index (χ2n) is 5.04. The average Bonchev–Trinajstić information content (AvgIpc) is 2.42. The number of hydrogen-bond acceptors (Lipinski definition) is 6. The molecule has 2 aromatic rings. The molecule has 1 atom stereocenters. The van der Waals surface area contributed by atoms with Crippen molar-refractivity contribution < 1.29 is 9.84 Å². The maximum Gasteiger partial charge on any atom is 0.222 e. The van der Waals surface area contributed by atoms with Crippen molar-refractivity contribution in [1.82, 2.24) is 9.97 Å². The molecule has 0 amide bonds. The highest BCUT2D eigenvalue weighted by atomic mass is 16.5. The van der Waals surface area contributed by atoms with Gasteiger partial charge in [-0.3, -0.25) is 0 Å². The van der Waals surface area contributed by atoms with Gasteiger partial charge in [-0.05, 0) is 19.1 Å². The Bertz CT molecular complexity index is 586. The van der Waals surface area contributed by atoms with Crippen LogP contribution in [-0.4, -0.2) is 40.9 Å². The quantitative estimate of drug-likeness (QED) is 0.738. The van der Waals surface area contributed by atoms with E-state index in [1.807, 2.05) is 24.3 Å². The number of benzene rings is 1. The van der Waals surface area contributed by atoms with E-state index in [1.165, 1.54) is 0 Å². The first-order valence-electron chi connectivity index (χ1n) is 6.49. The summed E-state index contributed by atoms with van der Waals surface area (Å²) < 4.78 is 4.99. The molecular formula is C14H20N4O2. The van der Waals surface area contributed by atoms with Gasteiger partial charge in [0.2, 0.25) is 5.95 Å². The number of aromatic nitrogens is 2. The van der Waals surface area contributed by atoms with E-state index in [0.29, 0.717) is 25.4 Å². The van der Waals surface area contributed by atoms with E-state index in [9.17, 15) is 5.11 Å². The Morgan fingerprint density at radius 1 is 1.35 bits per heavy atom. The SMILES string of the molecule is COCCC(C)(O)CNc1nc(N)nc2ccccc12. The van der Waals surface area contributed by atoms with Gasteiger partial charge >= 0.3 is 0 Å². The number of rotatable bonds is 6. The number of hydrogen-bond donors (Lipinski definition) is 3. The van der Waals surface area contributed by atoms with Gasteiger partial charge in [0.1, 0.15) is 5.82 Å². The van der Waals surface area contributed by atoms with Gasteiger partial charge in [0.05, 0.1) is 11.1 Å². The summed E-state index contributed by atoms with van der Waals surface area (Å²) >= 11 is 0. The number of nitrogens with zero attached hydrogens (tertiary/aromatic N) is 2. The molecule has 6 nitrogen and oxygen atoms in total. The Labute approximate surface area is 118 Å². The molecular weight excluding hydrogens is 256 g/mol. The summed E-state index contributed by atoms with van der Waals surface area (Å²) in [6.07, 6.45) is 0.537. The second-order valence-corrected chi connectivity index (χ2v) is 5.04. The zero-order chi connectivity index (χ0) is 14.6. The van der Waals surface area contributed by atoms with Gasteiger partial charge in [0.25, 0.3) is 0 Å². The van der Waals surface area contributed by atoms with Crippen LogP contribution in [0.3, 0.4) is 0 Å². The maximum atomic E-state index is 10.2. The van der Waals surface area contributed by atoms with Crippen LogP contribution in [0.4, 0.5) is 11.8 Å². The molecule has 6 heteroatoms. The van der Waals surface area contributed by atoms with Crippen molar-refractivity contribution >= 4 is 22.7 Å². The van der Waals surface area contributed by atoms with Gasteiger partial charge in [-0.2, -0.15) is 4.98 Å². The summed E-state index contributed by atoms with van der Waals surface area (Å²) in [4.78, 5) is 8.37. The third-order valence-electron chi connectivity index (χ3n) is 3.10. The largest absolute Gasteiger partial charge is 0.388 e. The minimum Gasteiger partial charge on any atom is -0.388 e. The van der Waals surface area contributed by atoms with Crippen LogP contribution in [0.5, 0.6) is 0 Å². The van der Waals surface area contributed by atoms with Gasteiger partial charge in [-0.15, -0.1) is 0 Å². The lowest BCUT2D eigenvalue weighted by atomic mass is 10.0. The molecule has 0 fully saturated rings. The van der Waals surface area contributed by atoms with Gasteiger partial charge in [0, 0.05) is 32.1 Å². The van der Waals surface area contributed by atoms with Crippen molar-refractivity contribution in [2.45, 2.75) is 18.9 Å². The maximum absolute atomic E-state index is 10.2. The molecule has 0 aliphatic rings. The number of nitrogen functional groups attached to an aromatic ring is 1. The number of para-hydroxylation sites is 1. The molecule has 2 rings (SSSR count). The Morgan fingerprint density at radius 3 is 2.85 bits per heavy atom. The van der Waals surface area contributed by atoms with Crippen LogP contribution in [0.25, 0.3) is 10.9 Å². The second kappa shape index (κ2) is 6.02. The fourth-order valence-corrected chi connectivity index (χ4v) is 1.91. The van der Waals surface area contributed by atoms with Gasteiger partial charge < -0.3 is 20.9 Å². The topological polar surface area (TPSA) is 93.3 Å².